The van der Waals surface area contributed by atoms with Crippen molar-refractivity contribution in [2.75, 3.05) is 13.2 Å². The Kier molecular flexibility index (Phi) is 6.82. The molecule has 0 atom stereocenters. The molecule has 0 saturated carbocycles. The summed E-state index contributed by atoms with van der Waals surface area (Å²) in [5.41, 5.74) is 3.53. The first kappa shape index (κ1) is 22.6. The normalized spacial score (nSPS) is 11.0. The van der Waals surface area contributed by atoms with E-state index in [0.717, 1.165) is 16.6 Å². The summed E-state index contributed by atoms with van der Waals surface area (Å²) in [5.74, 6) is -0.474. The Labute approximate surface area is 195 Å². The van der Waals surface area contributed by atoms with Crippen LogP contribution in [0.15, 0.2) is 60.0 Å². The fraction of sp³-hybridized carbons (Fsp3) is 0.192. The third kappa shape index (κ3) is 4.94. The molecule has 4 aromatic rings. The van der Waals surface area contributed by atoms with Crippen molar-refractivity contribution in [2.45, 2.75) is 19.8 Å². The molecular formula is C26H23NO5S. The summed E-state index contributed by atoms with van der Waals surface area (Å²) < 4.78 is 6.38. The fourth-order valence-electron chi connectivity index (χ4n) is 3.61. The molecular weight excluding hydrogens is 438 g/mol. The summed E-state index contributed by atoms with van der Waals surface area (Å²) in [6.45, 7) is 1.93. The fourth-order valence-corrected chi connectivity index (χ4v) is 4.65. The minimum absolute atomic E-state index is 0.00159. The van der Waals surface area contributed by atoms with Gasteiger partial charge >= 0.3 is 0 Å². The largest absolute Gasteiger partial charge is 0.504 e. The molecule has 0 unspecified atom stereocenters. The summed E-state index contributed by atoms with van der Waals surface area (Å²) in [6, 6.07) is 15.8. The molecule has 0 aliphatic rings. The lowest BCUT2D eigenvalue weighted by Gasteiger charge is -2.08. The number of pyridine rings is 1. The number of phenols is 1. The van der Waals surface area contributed by atoms with Crippen molar-refractivity contribution in [3.63, 3.8) is 0 Å². The second-order valence-electron chi connectivity index (χ2n) is 7.61. The van der Waals surface area contributed by atoms with E-state index >= 15 is 0 Å². The first-order valence-corrected chi connectivity index (χ1v) is 11.4. The molecule has 0 aliphatic carbocycles. The number of hydrogen-bond donors (Lipinski definition) is 2. The number of aliphatic hydroxyl groups is 1. The standard InChI is InChI=1S/C26H23NO5S/c1-16-4-2-5-18-19(15-33-26(16)18)20-6-3-7-21(27-20)23(30)10-9-22(29)17-8-11-25(24(31)14-17)32-13-12-28/h2-8,11,14-15,28,31H,9-10,12-13H2,1H3. The molecule has 0 spiro atoms. The van der Waals surface area contributed by atoms with Gasteiger partial charge in [-0.15, -0.1) is 11.3 Å². The van der Waals surface area contributed by atoms with Crippen LogP contribution in [0.3, 0.4) is 0 Å². The summed E-state index contributed by atoms with van der Waals surface area (Å²) in [5, 5.41) is 22.0. The third-order valence-corrected chi connectivity index (χ3v) is 6.45. The van der Waals surface area contributed by atoms with Gasteiger partial charge in [-0.05, 0) is 42.8 Å². The molecule has 168 valence electrons. The number of phenolic OH excluding ortho intramolecular Hbond substituents is 1. The number of nitrogens with zero attached hydrogens (tertiary/aromatic N) is 1. The molecule has 6 nitrogen and oxygen atoms in total. The molecule has 0 bridgehead atoms. The van der Waals surface area contributed by atoms with Crippen LogP contribution in [-0.4, -0.2) is 40.0 Å². The lowest BCUT2D eigenvalue weighted by molar-refractivity contribution is 0.0915. The summed E-state index contributed by atoms with van der Waals surface area (Å²) in [7, 11) is 0. The van der Waals surface area contributed by atoms with Gasteiger partial charge < -0.3 is 14.9 Å². The average Bonchev–Trinajstić information content (AvgIpc) is 3.27. The molecule has 2 heterocycles. The predicted molar refractivity (Wildman–Crippen MR) is 128 cm³/mol. The van der Waals surface area contributed by atoms with Crippen LogP contribution in [0, 0.1) is 6.92 Å². The number of carbonyl (C=O) groups excluding carboxylic acids is 2. The SMILES string of the molecule is Cc1cccc2c(-c3cccc(C(=O)CCC(=O)c4ccc(OCCO)c(O)c4)n3)csc12. The Morgan fingerprint density at radius 2 is 1.82 bits per heavy atom. The Hall–Kier alpha value is -3.55. The van der Waals surface area contributed by atoms with E-state index in [4.69, 9.17) is 9.84 Å². The molecule has 0 radical (unpaired) electrons. The van der Waals surface area contributed by atoms with Crippen LogP contribution in [0.25, 0.3) is 21.3 Å². The van der Waals surface area contributed by atoms with Gasteiger partial charge in [0.2, 0.25) is 0 Å². The zero-order chi connectivity index (χ0) is 23.4. The Morgan fingerprint density at radius 3 is 2.61 bits per heavy atom. The number of aryl methyl sites for hydroxylation is 1. The number of Topliss-reactive ketones (excluding diaryl/α,β-unsaturated/α-hetero) is 2. The van der Waals surface area contributed by atoms with E-state index in [9.17, 15) is 14.7 Å². The highest BCUT2D eigenvalue weighted by atomic mass is 32.1. The van der Waals surface area contributed by atoms with E-state index in [-0.39, 0.29) is 49.1 Å². The van der Waals surface area contributed by atoms with Crippen LogP contribution in [0.1, 0.15) is 39.3 Å². The number of aromatic nitrogens is 1. The molecule has 0 aliphatic heterocycles. The molecule has 4 rings (SSSR count). The molecule has 0 saturated heterocycles. The molecule has 0 fully saturated rings. The number of aromatic hydroxyl groups is 1. The number of rotatable bonds is 9. The zero-order valence-electron chi connectivity index (χ0n) is 18.1. The van der Waals surface area contributed by atoms with Crippen molar-refractivity contribution in [3.05, 3.63) is 76.8 Å². The van der Waals surface area contributed by atoms with E-state index in [0.29, 0.717) is 11.3 Å². The Morgan fingerprint density at radius 1 is 1.03 bits per heavy atom. The molecule has 2 N–H and O–H groups in total. The molecule has 2 aromatic carbocycles. The Bertz CT molecular complexity index is 1330. The predicted octanol–water partition coefficient (Wildman–Crippen LogP) is 5.19. The van der Waals surface area contributed by atoms with Crippen LogP contribution in [0.5, 0.6) is 11.5 Å². The average molecular weight is 462 g/mol. The monoisotopic (exact) mass is 461 g/mol. The first-order chi connectivity index (χ1) is 16.0. The van der Waals surface area contributed by atoms with Crippen LogP contribution in [-0.2, 0) is 0 Å². The molecule has 2 aromatic heterocycles. The van der Waals surface area contributed by atoms with E-state index in [1.54, 1.807) is 23.5 Å². The zero-order valence-corrected chi connectivity index (χ0v) is 18.9. The highest BCUT2D eigenvalue weighted by molar-refractivity contribution is 7.18. The van der Waals surface area contributed by atoms with Crippen LogP contribution >= 0.6 is 11.3 Å². The van der Waals surface area contributed by atoms with E-state index < -0.39 is 0 Å². The first-order valence-electron chi connectivity index (χ1n) is 10.5. The van der Waals surface area contributed by atoms with E-state index in [1.165, 1.54) is 28.5 Å². The minimum Gasteiger partial charge on any atom is -0.504 e. The molecule has 33 heavy (non-hydrogen) atoms. The number of thiophene rings is 1. The van der Waals surface area contributed by atoms with Crippen molar-refractivity contribution >= 4 is 33.0 Å². The maximum absolute atomic E-state index is 12.8. The van der Waals surface area contributed by atoms with Crippen molar-refractivity contribution < 1.29 is 24.5 Å². The molecule has 7 heteroatoms. The maximum atomic E-state index is 12.8. The highest BCUT2D eigenvalue weighted by Crippen LogP contribution is 2.35. The maximum Gasteiger partial charge on any atom is 0.181 e. The van der Waals surface area contributed by atoms with Gasteiger partial charge in [0.1, 0.15) is 12.3 Å². The van der Waals surface area contributed by atoms with Gasteiger partial charge in [0.25, 0.3) is 0 Å². The quantitative estimate of drug-likeness (QED) is 0.333. The highest BCUT2D eigenvalue weighted by Gasteiger charge is 2.16. The Balaban J connectivity index is 1.45. The molecule has 0 amide bonds. The van der Waals surface area contributed by atoms with Crippen molar-refractivity contribution in [2.24, 2.45) is 0 Å². The number of aliphatic hydroxyl groups excluding tert-OH is 1. The van der Waals surface area contributed by atoms with Gasteiger partial charge in [-0.2, -0.15) is 0 Å². The van der Waals surface area contributed by atoms with E-state index in [1.807, 2.05) is 12.1 Å². The minimum atomic E-state index is -0.261. The number of hydrogen-bond acceptors (Lipinski definition) is 7. The summed E-state index contributed by atoms with van der Waals surface area (Å²) in [6.07, 6.45) is 0.0178. The van der Waals surface area contributed by atoms with E-state index in [2.05, 4.69) is 29.4 Å². The number of fused-ring (bicyclic) bond motifs is 1. The third-order valence-electron chi connectivity index (χ3n) is 5.32. The van der Waals surface area contributed by atoms with Gasteiger partial charge in [-0.3, -0.25) is 9.59 Å². The van der Waals surface area contributed by atoms with Crippen LogP contribution in [0.4, 0.5) is 0 Å². The van der Waals surface area contributed by atoms with Gasteiger partial charge in [0.05, 0.1) is 12.3 Å². The van der Waals surface area contributed by atoms with Gasteiger partial charge in [0.15, 0.2) is 23.1 Å². The topological polar surface area (TPSA) is 96.7 Å². The number of ketones is 2. The summed E-state index contributed by atoms with van der Waals surface area (Å²) >= 11 is 1.66. The second kappa shape index (κ2) is 9.94. The van der Waals surface area contributed by atoms with Crippen molar-refractivity contribution in [1.29, 1.82) is 0 Å². The number of benzene rings is 2. The lowest BCUT2D eigenvalue weighted by atomic mass is 10.0. The lowest BCUT2D eigenvalue weighted by Crippen LogP contribution is -2.07. The number of carbonyl (C=O) groups is 2. The smallest absolute Gasteiger partial charge is 0.181 e. The van der Waals surface area contributed by atoms with Crippen LogP contribution < -0.4 is 4.74 Å². The van der Waals surface area contributed by atoms with Crippen molar-refractivity contribution in [3.8, 4) is 22.8 Å². The second-order valence-corrected chi connectivity index (χ2v) is 8.49. The van der Waals surface area contributed by atoms with Crippen LogP contribution in [0.2, 0.25) is 0 Å². The van der Waals surface area contributed by atoms with Crippen molar-refractivity contribution in [1.82, 2.24) is 4.98 Å². The van der Waals surface area contributed by atoms with Gasteiger partial charge in [-0.25, -0.2) is 4.98 Å². The number of ether oxygens (including phenoxy) is 1. The van der Waals surface area contributed by atoms with Gasteiger partial charge in [0, 0.05) is 39.4 Å². The van der Waals surface area contributed by atoms with Gasteiger partial charge in [-0.1, -0.05) is 24.3 Å². The summed E-state index contributed by atoms with van der Waals surface area (Å²) in [4.78, 5) is 29.8.